The Morgan fingerprint density at radius 3 is 2.03 bits per heavy atom. The molecule has 4 rings (SSSR count). The first-order valence-corrected chi connectivity index (χ1v) is 9.66. The average molecular weight is 433 g/mol. The van der Waals surface area contributed by atoms with Gasteiger partial charge < -0.3 is 4.74 Å². The normalized spacial score (nSPS) is 28.2. The number of nitrogens with zero attached hydrogens (tertiary/aromatic N) is 1. The molecule has 3 aliphatic rings. The highest BCUT2D eigenvalue weighted by Crippen LogP contribution is 2.68. The number of halogens is 6. The largest absolute Gasteiger partial charge is 0.497 e. The van der Waals surface area contributed by atoms with Gasteiger partial charge in [-0.1, -0.05) is 31.2 Å². The zero-order valence-corrected chi connectivity index (χ0v) is 16.7. The summed E-state index contributed by atoms with van der Waals surface area (Å²) in [6.07, 6.45) is 0. The number of hydrogen-bond acceptors (Lipinski definition) is 3. The second kappa shape index (κ2) is 5.83. The first-order chi connectivity index (χ1) is 13.3. The van der Waals surface area contributed by atoms with Crippen molar-refractivity contribution < 1.29 is 31.1 Å². The van der Waals surface area contributed by atoms with Gasteiger partial charge in [-0.15, -0.1) is 0 Å². The number of rotatable bonds is 2. The fourth-order valence-corrected chi connectivity index (χ4v) is 5.36. The van der Waals surface area contributed by atoms with Crippen molar-refractivity contribution in [2.75, 3.05) is 7.11 Å². The molecule has 0 amide bonds. The highest BCUT2D eigenvalue weighted by molar-refractivity contribution is 8.15. The first kappa shape index (κ1) is 20.4. The van der Waals surface area contributed by atoms with E-state index in [4.69, 9.17) is 4.74 Å². The van der Waals surface area contributed by atoms with Crippen LogP contribution >= 0.6 is 11.8 Å². The highest BCUT2D eigenvalue weighted by Gasteiger charge is 2.83. The summed E-state index contributed by atoms with van der Waals surface area (Å²) in [6, 6.07) is 6.59. The minimum Gasteiger partial charge on any atom is -0.497 e. The number of ether oxygens (including phenoxy) is 1. The lowest BCUT2D eigenvalue weighted by Gasteiger charge is -2.38. The Kier molecular flexibility index (Phi) is 4.10. The Balaban J connectivity index is 1.96. The third-order valence-corrected chi connectivity index (χ3v) is 7.56. The van der Waals surface area contributed by atoms with Crippen LogP contribution in [0.4, 0.5) is 26.3 Å². The maximum atomic E-state index is 14.6. The van der Waals surface area contributed by atoms with Gasteiger partial charge in [0.25, 0.3) is 0 Å². The van der Waals surface area contributed by atoms with Gasteiger partial charge >= 0.3 is 17.8 Å². The molecule has 0 bridgehead atoms. The van der Waals surface area contributed by atoms with Crippen molar-refractivity contribution >= 4 is 16.8 Å². The van der Waals surface area contributed by atoms with Crippen molar-refractivity contribution in [3.05, 3.63) is 52.2 Å². The van der Waals surface area contributed by atoms with Gasteiger partial charge in [0.2, 0.25) is 0 Å². The summed E-state index contributed by atoms with van der Waals surface area (Å²) in [5.41, 5.74) is -3.67. The van der Waals surface area contributed by atoms with Gasteiger partial charge in [0, 0.05) is 16.6 Å². The fourth-order valence-electron chi connectivity index (χ4n) is 3.96. The Morgan fingerprint density at radius 2 is 1.48 bits per heavy atom. The molecule has 0 N–H and O–H groups in total. The third kappa shape index (κ3) is 2.36. The smallest absolute Gasteiger partial charge is 0.380 e. The van der Waals surface area contributed by atoms with E-state index in [1.54, 1.807) is 38.1 Å². The van der Waals surface area contributed by atoms with E-state index in [9.17, 15) is 26.3 Å². The zero-order valence-electron chi connectivity index (χ0n) is 15.9. The minimum absolute atomic E-state index is 0.165. The molecule has 1 aliphatic heterocycles. The van der Waals surface area contributed by atoms with Gasteiger partial charge in [-0.25, -0.2) is 4.99 Å². The molecule has 156 valence electrons. The summed E-state index contributed by atoms with van der Waals surface area (Å²) >= 11 is 1.12. The topological polar surface area (TPSA) is 21.6 Å². The quantitative estimate of drug-likeness (QED) is 0.527. The molecule has 0 aromatic heterocycles. The van der Waals surface area contributed by atoms with Gasteiger partial charge in [-0.05, 0) is 31.2 Å². The predicted molar refractivity (Wildman–Crippen MR) is 99.3 cm³/mol. The molecule has 2 nitrogen and oxygen atoms in total. The Labute approximate surface area is 167 Å². The SMILES string of the molecule is COc1ccc(C2=NC3=C4C(=C(C)C(C)(C)C3S2)C(F)(F)C(F)(F)C4(F)F)cc1. The number of aliphatic imine (C=N–C) groups is 1. The van der Waals surface area contributed by atoms with Crippen LogP contribution in [0.15, 0.2) is 51.7 Å². The second-order valence-electron chi connectivity index (χ2n) is 7.85. The van der Waals surface area contributed by atoms with Crippen LogP contribution in [0.1, 0.15) is 26.3 Å². The minimum atomic E-state index is -5.52. The van der Waals surface area contributed by atoms with Crippen molar-refractivity contribution in [2.45, 2.75) is 43.8 Å². The maximum Gasteiger partial charge on any atom is 0.380 e. The standard InChI is InChI=1S/C20H17F6NOS/c1-9-12-13(19(23,24)20(25,26)18(12,21)22)14-15(17(9,2)3)29-16(27-14)10-5-7-11(28-4)8-6-10/h5-8,15H,1-4H3. The molecule has 1 aromatic carbocycles. The van der Waals surface area contributed by atoms with Crippen LogP contribution in [0.3, 0.4) is 0 Å². The Hall–Kier alpha value is -1.90. The molecule has 0 spiro atoms. The van der Waals surface area contributed by atoms with Crippen LogP contribution in [0.2, 0.25) is 0 Å². The third-order valence-electron chi connectivity index (χ3n) is 5.96. The molecule has 0 saturated heterocycles. The van der Waals surface area contributed by atoms with Crippen LogP contribution in [0.5, 0.6) is 5.75 Å². The van der Waals surface area contributed by atoms with Crippen molar-refractivity contribution in [1.82, 2.24) is 0 Å². The lowest BCUT2D eigenvalue weighted by Crippen LogP contribution is -2.47. The Bertz CT molecular complexity index is 991. The summed E-state index contributed by atoms with van der Waals surface area (Å²) in [6.45, 7) is 4.39. The highest BCUT2D eigenvalue weighted by atomic mass is 32.2. The molecule has 29 heavy (non-hydrogen) atoms. The second-order valence-corrected chi connectivity index (χ2v) is 8.94. The maximum absolute atomic E-state index is 14.6. The van der Waals surface area contributed by atoms with Gasteiger partial charge in [-0.3, -0.25) is 0 Å². The molecular formula is C20H17F6NOS. The lowest BCUT2D eigenvalue weighted by atomic mass is 9.72. The monoisotopic (exact) mass is 433 g/mol. The van der Waals surface area contributed by atoms with Crippen molar-refractivity contribution in [2.24, 2.45) is 10.4 Å². The number of fused-ring (bicyclic) bond motifs is 2. The van der Waals surface area contributed by atoms with Crippen LogP contribution in [0, 0.1) is 5.41 Å². The van der Waals surface area contributed by atoms with Crippen molar-refractivity contribution in [3.63, 3.8) is 0 Å². The van der Waals surface area contributed by atoms with E-state index in [-0.39, 0.29) is 5.57 Å². The summed E-state index contributed by atoms with van der Waals surface area (Å²) in [5.74, 6) is -14.9. The molecule has 0 radical (unpaired) electrons. The number of allylic oxidation sites excluding steroid dienone is 3. The van der Waals surface area contributed by atoms with Crippen molar-refractivity contribution in [1.29, 1.82) is 0 Å². The van der Waals surface area contributed by atoms with E-state index in [1.807, 2.05) is 0 Å². The molecule has 2 aliphatic carbocycles. The molecule has 9 heteroatoms. The molecule has 1 aromatic rings. The number of alkyl halides is 6. The Morgan fingerprint density at radius 1 is 0.931 bits per heavy atom. The van der Waals surface area contributed by atoms with Crippen LogP contribution in [-0.2, 0) is 0 Å². The number of thioether (sulfide) groups is 1. The number of methoxy groups -OCH3 is 1. The molecule has 1 heterocycles. The van der Waals surface area contributed by atoms with Gasteiger partial charge in [0.1, 0.15) is 10.8 Å². The van der Waals surface area contributed by atoms with E-state index >= 15 is 0 Å². The van der Waals surface area contributed by atoms with Gasteiger partial charge in [-0.2, -0.15) is 26.3 Å². The summed E-state index contributed by atoms with van der Waals surface area (Å²) in [7, 11) is 1.49. The fraction of sp³-hybridized carbons (Fsp3) is 0.450. The first-order valence-electron chi connectivity index (χ1n) is 8.78. The molecule has 1 atom stereocenters. The van der Waals surface area contributed by atoms with E-state index in [1.165, 1.54) is 14.0 Å². The molecular weight excluding hydrogens is 416 g/mol. The van der Waals surface area contributed by atoms with E-state index in [2.05, 4.69) is 4.99 Å². The number of benzene rings is 1. The van der Waals surface area contributed by atoms with Crippen LogP contribution in [0.25, 0.3) is 0 Å². The van der Waals surface area contributed by atoms with E-state index < -0.39 is 45.3 Å². The van der Waals surface area contributed by atoms with E-state index in [0.29, 0.717) is 16.4 Å². The van der Waals surface area contributed by atoms with Crippen molar-refractivity contribution in [3.8, 4) is 5.75 Å². The van der Waals surface area contributed by atoms with Crippen LogP contribution < -0.4 is 4.74 Å². The van der Waals surface area contributed by atoms with Gasteiger partial charge in [0.05, 0.1) is 23.6 Å². The summed E-state index contributed by atoms with van der Waals surface area (Å²) in [5, 5.41) is -0.467. The lowest BCUT2D eigenvalue weighted by molar-refractivity contribution is -0.258. The molecule has 1 fully saturated rings. The molecule has 1 unspecified atom stereocenters. The van der Waals surface area contributed by atoms with Gasteiger partial charge in [0.15, 0.2) is 0 Å². The predicted octanol–water partition coefficient (Wildman–Crippen LogP) is 6.09. The average Bonchev–Trinajstić information content (AvgIpc) is 3.13. The van der Waals surface area contributed by atoms with Crippen LogP contribution in [-0.4, -0.2) is 35.2 Å². The zero-order chi connectivity index (χ0) is 21.6. The number of hydrogen-bond donors (Lipinski definition) is 0. The molecule has 1 saturated carbocycles. The summed E-state index contributed by atoms with van der Waals surface area (Å²) in [4.78, 5) is 4.17. The van der Waals surface area contributed by atoms with E-state index in [0.717, 1.165) is 11.8 Å². The summed E-state index contributed by atoms with van der Waals surface area (Å²) < 4.78 is 91.7.